The van der Waals surface area contributed by atoms with Crippen LogP contribution in [0.25, 0.3) is 11.3 Å². The molecule has 11 heteroatoms. The number of carbonyl (C=O) groups excluding carboxylic acids is 2. The molecular weight excluding hydrogens is 547 g/mol. The number of hydrogen-bond acceptors (Lipinski definition) is 6. The summed E-state index contributed by atoms with van der Waals surface area (Å²) in [6, 6.07) is 9.53. The SMILES string of the molecule is C.C[C@H](C(=O)Nc1cc(C2CC2)[nH]n1)c1cccc(-c2cncc(CC(=O)/C=C/CN3CC[C@H](F)C3)n2)c1.S.S. The molecule has 1 aliphatic carbocycles. The number of rotatable bonds is 10. The first-order chi connectivity index (χ1) is 17.9. The van der Waals surface area contributed by atoms with E-state index in [0.29, 0.717) is 42.6 Å². The third-order valence-corrected chi connectivity index (χ3v) is 6.86. The average molecular weight is 587 g/mol. The maximum absolute atomic E-state index is 13.3. The molecule has 40 heavy (non-hydrogen) atoms. The monoisotopic (exact) mass is 586 g/mol. The van der Waals surface area contributed by atoms with E-state index in [2.05, 4.69) is 25.5 Å². The molecule has 0 bridgehead atoms. The normalized spacial score (nSPS) is 17.4. The van der Waals surface area contributed by atoms with Crippen molar-refractivity contribution < 1.29 is 14.0 Å². The van der Waals surface area contributed by atoms with Crippen LogP contribution in [0.15, 0.2) is 54.9 Å². The van der Waals surface area contributed by atoms with Crippen molar-refractivity contribution in [1.29, 1.82) is 0 Å². The molecule has 0 spiro atoms. The first-order valence-corrected chi connectivity index (χ1v) is 12.8. The number of H-pyrrole nitrogens is 1. The van der Waals surface area contributed by atoms with Crippen molar-refractivity contribution in [3.63, 3.8) is 0 Å². The van der Waals surface area contributed by atoms with Gasteiger partial charge in [-0.1, -0.05) is 31.7 Å². The molecule has 0 radical (unpaired) electrons. The highest BCUT2D eigenvalue weighted by Gasteiger charge is 2.26. The van der Waals surface area contributed by atoms with E-state index in [9.17, 15) is 14.0 Å². The summed E-state index contributed by atoms with van der Waals surface area (Å²) in [5.41, 5.74) is 3.94. The number of allylic oxidation sites excluding steroid dienone is 1. The molecule has 8 nitrogen and oxygen atoms in total. The molecule has 2 fully saturated rings. The van der Waals surface area contributed by atoms with Gasteiger partial charge in [0.05, 0.1) is 29.9 Å². The number of anilines is 1. The zero-order chi connectivity index (χ0) is 25.8. The quantitative estimate of drug-likeness (QED) is 0.322. The number of aromatic amines is 1. The Balaban J connectivity index is 0.00000187. The van der Waals surface area contributed by atoms with E-state index < -0.39 is 12.1 Å². The van der Waals surface area contributed by atoms with Gasteiger partial charge in [-0.15, -0.1) is 0 Å². The molecule has 3 aromatic rings. The molecule has 1 aliphatic heterocycles. The van der Waals surface area contributed by atoms with Gasteiger partial charge in [-0.05, 0) is 43.9 Å². The van der Waals surface area contributed by atoms with E-state index in [1.165, 1.54) is 6.08 Å². The second-order valence-electron chi connectivity index (χ2n) is 9.91. The molecule has 2 atom stereocenters. The summed E-state index contributed by atoms with van der Waals surface area (Å²) in [6.45, 7) is 3.57. The van der Waals surface area contributed by atoms with Crippen LogP contribution in [0, 0.1) is 0 Å². The van der Waals surface area contributed by atoms with Crippen LogP contribution in [0.5, 0.6) is 0 Å². The number of hydrogen-bond donors (Lipinski definition) is 2. The zero-order valence-electron chi connectivity index (χ0n) is 21.9. The number of benzene rings is 1. The highest BCUT2D eigenvalue weighted by atomic mass is 32.1. The Morgan fingerprint density at radius 2 is 2.00 bits per heavy atom. The molecule has 216 valence electrons. The molecule has 1 saturated heterocycles. The Labute approximate surface area is 249 Å². The second kappa shape index (κ2) is 15.1. The Bertz CT molecular complexity index is 1310. The molecular formula is C29H39FN6O2S2. The number of nitrogens with one attached hydrogen (secondary N) is 2. The predicted molar refractivity (Wildman–Crippen MR) is 166 cm³/mol. The first kappa shape index (κ1) is 33.2. The number of alkyl halides is 1. The van der Waals surface area contributed by atoms with Crippen LogP contribution in [0.2, 0.25) is 0 Å². The fraction of sp³-hybridized carbons (Fsp3) is 0.414. The molecule has 1 aromatic carbocycles. The lowest BCUT2D eigenvalue weighted by molar-refractivity contribution is -0.117. The molecule has 0 unspecified atom stereocenters. The molecule has 5 rings (SSSR count). The average Bonchev–Trinajstić information content (AvgIpc) is 3.51. The van der Waals surface area contributed by atoms with Crippen LogP contribution in [-0.4, -0.2) is 62.6 Å². The zero-order valence-corrected chi connectivity index (χ0v) is 23.9. The first-order valence-electron chi connectivity index (χ1n) is 12.8. The lowest BCUT2D eigenvalue weighted by Gasteiger charge is -2.13. The molecule has 2 N–H and O–H groups in total. The summed E-state index contributed by atoms with van der Waals surface area (Å²) in [5.74, 6) is 0.464. The fourth-order valence-corrected chi connectivity index (χ4v) is 4.51. The summed E-state index contributed by atoms with van der Waals surface area (Å²) >= 11 is 0. The highest BCUT2D eigenvalue weighted by molar-refractivity contribution is 7.59. The van der Waals surface area contributed by atoms with Gasteiger partial charge in [-0.2, -0.15) is 32.1 Å². The van der Waals surface area contributed by atoms with Gasteiger partial charge in [-0.3, -0.25) is 24.6 Å². The summed E-state index contributed by atoms with van der Waals surface area (Å²) in [7, 11) is 0. The third-order valence-electron chi connectivity index (χ3n) is 6.86. The lowest BCUT2D eigenvalue weighted by atomic mass is 9.97. The molecule has 1 saturated carbocycles. The molecule has 2 aromatic heterocycles. The van der Waals surface area contributed by atoms with E-state index in [0.717, 1.165) is 36.2 Å². The largest absolute Gasteiger partial charge is 0.309 e. The van der Waals surface area contributed by atoms with Crippen LogP contribution >= 0.6 is 27.0 Å². The summed E-state index contributed by atoms with van der Waals surface area (Å²) in [4.78, 5) is 36.2. The van der Waals surface area contributed by atoms with Crippen molar-refractivity contribution in [2.75, 3.05) is 25.0 Å². The van der Waals surface area contributed by atoms with Crippen molar-refractivity contribution in [2.45, 2.75) is 58.0 Å². The molecule has 2 aliphatic rings. The Kier molecular flexibility index (Phi) is 12.5. The minimum Gasteiger partial charge on any atom is -0.309 e. The molecule has 3 heterocycles. The number of ketones is 1. The third kappa shape index (κ3) is 8.74. The van der Waals surface area contributed by atoms with E-state index >= 15 is 0 Å². The maximum Gasteiger partial charge on any atom is 0.232 e. The highest BCUT2D eigenvalue weighted by Crippen LogP contribution is 2.39. The van der Waals surface area contributed by atoms with Crippen molar-refractivity contribution in [3.8, 4) is 11.3 Å². The second-order valence-corrected chi connectivity index (χ2v) is 9.91. The minimum atomic E-state index is -0.769. The number of aromatic nitrogens is 4. The smallest absolute Gasteiger partial charge is 0.232 e. The summed E-state index contributed by atoms with van der Waals surface area (Å²) < 4.78 is 13.3. The van der Waals surface area contributed by atoms with Gasteiger partial charge < -0.3 is 5.32 Å². The minimum absolute atomic E-state index is 0. The van der Waals surface area contributed by atoms with Crippen molar-refractivity contribution in [3.05, 3.63) is 71.8 Å². The number of halogens is 1. The van der Waals surface area contributed by atoms with E-state index in [1.54, 1.807) is 18.5 Å². The Morgan fingerprint density at radius 3 is 2.73 bits per heavy atom. The van der Waals surface area contributed by atoms with Gasteiger partial charge in [0.1, 0.15) is 6.17 Å². The van der Waals surface area contributed by atoms with Crippen LogP contribution in [0.1, 0.15) is 62.4 Å². The van der Waals surface area contributed by atoms with Crippen LogP contribution in [-0.2, 0) is 16.0 Å². The molecule has 1 amide bonds. The summed E-state index contributed by atoms with van der Waals surface area (Å²) in [6.07, 6.45) is 8.80. The van der Waals surface area contributed by atoms with Gasteiger partial charge in [0.2, 0.25) is 5.91 Å². The van der Waals surface area contributed by atoms with Gasteiger partial charge >= 0.3 is 0 Å². The fourth-order valence-electron chi connectivity index (χ4n) is 4.51. The van der Waals surface area contributed by atoms with Gasteiger partial charge in [0.15, 0.2) is 11.6 Å². The number of likely N-dealkylation sites (tertiary alicyclic amines) is 1. The summed E-state index contributed by atoms with van der Waals surface area (Å²) in [5, 5.41) is 10.1. The van der Waals surface area contributed by atoms with E-state index in [1.807, 2.05) is 42.2 Å². The van der Waals surface area contributed by atoms with Crippen LogP contribution in [0.3, 0.4) is 0 Å². The van der Waals surface area contributed by atoms with Crippen LogP contribution < -0.4 is 5.32 Å². The van der Waals surface area contributed by atoms with E-state index in [4.69, 9.17) is 0 Å². The standard InChI is InChI=1S/C28H31FN6O2.CH4.2H2S/c1-18(28(37)32-27-14-25(33-34-27)19-7-8-19)20-4-2-5-21(12-20)26-16-30-15-23(31-26)13-24(36)6-3-10-35-11-9-22(29)17-35;;;/h2-6,12,14-16,18-19,22H,7-11,13,17H2,1H3,(H2,32,33,34,37);1H4;2*1H2/b6-3+;;;/t18-,22-;;;/m0.../s1. The van der Waals surface area contributed by atoms with Gasteiger partial charge in [0, 0.05) is 49.1 Å². The number of carbonyl (C=O) groups is 2. The Hall–Kier alpha value is -3.02. The Morgan fingerprint density at radius 1 is 1.20 bits per heavy atom. The lowest BCUT2D eigenvalue weighted by Crippen LogP contribution is -2.21. The maximum atomic E-state index is 13.3. The van der Waals surface area contributed by atoms with Gasteiger partial charge in [-0.25, -0.2) is 9.37 Å². The van der Waals surface area contributed by atoms with Crippen molar-refractivity contribution in [1.82, 2.24) is 25.1 Å². The van der Waals surface area contributed by atoms with Crippen LogP contribution in [0.4, 0.5) is 10.2 Å². The number of amides is 1. The van der Waals surface area contributed by atoms with Crippen molar-refractivity contribution in [2.24, 2.45) is 0 Å². The predicted octanol–water partition coefficient (Wildman–Crippen LogP) is 5.06. The van der Waals surface area contributed by atoms with Gasteiger partial charge in [0.25, 0.3) is 0 Å². The number of nitrogens with zero attached hydrogens (tertiary/aromatic N) is 4. The van der Waals surface area contributed by atoms with E-state index in [-0.39, 0.29) is 52.5 Å². The topological polar surface area (TPSA) is 104 Å². The van der Waals surface area contributed by atoms with Crippen molar-refractivity contribution >= 4 is 44.5 Å².